The van der Waals surface area contributed by atoms with Gasteiger partial charge < -0.3 is 9.64 Å². The molecule has 0 radical (unpaired) electrons. The topological polar surface area (TPSA) is 29.5 Å². The Bertz CT molecular complexity index is 548. The first kappa shape index (κ1) is 16.4. The van der Waals surface area contributed by atoms with Crippen LogP contribution in [0.15, 0.2) is 22.7 Å². The van der Waals surface area contributed by atoms with E-state index in [4.69, 9.17) is 22.8 Å². The maximum atomic E-state index is 12.5. The summed E-state index contributed by atoms with van der Waals surface area (Å²) in [5.74, 6) is 2.92. The van der Waals surface area contributed by atoms with E-state index in [1.165, 1.54) is 0 Å². The zero-order valence-electron chi connectivity index (χ0n) is 11.6. The number of hydrogen-bond donors (Lipinski definition) is 0. The van der Waals surface area contributed by atoms with Gasteiger partial charge in [-0.15, -0.1) is 6.42 Å². The van der Waals surface area contributed by atoms with Gasteiger partial charge in [-0.1, -0.05) is 33.5 Å². The number of carbonyl (C=O) groups is 1. The summed E-state index contributed by atoms with van der Waals surface area (Å²) in [6.45, 7) is 2.48. The predicted octanol–water partition coefficient (Wildman–Crippen LogP) is 3.60. The van der Waals surface area contributed by atoms with Crippen molar-refractivity contribution in [1.29, 1.82) is 0 Å². The van der Waals surface area contributed by atoms with Gasteiger partial charge in [-0.2, -0.15) is 0 Å². The average Bonchev–Trinajstić information content (AvgIpc) is 2.50. The predicted molar refractivity (Wildman–Crippen MR) is 87.4 cm³/mol. The summed E-state index contributed by atoms with van der Waals surface area (Å²) in [7, 11) is 0. The molecule has 0 atom stereocenters. The maximum Gasteiger partial charge on any atom is 0.255 e. The molecular formula is C16H17BrClNO2. The van der Waals surface area contributed by atoms with Gasteiger partial charge >= 0.3 is 0 Å². The van der Waals surface area contributed by atoms with Crippen molar-refractivity contribution in [3.05, 3.63) is 33.3 Å². The van der Waals surface area contributed by atoms with E-state index in [0.717, 1.165) is 30.4 Å². The van der Waals surface area contributed by atoms with E-state index in [2.05, 4.69) is 21.9 Å². The Balaban J connectivity index is 1.91. The van der Waals surface area contributed by atoms with E-state index in [1.807, 2.05) is 11.0 Å². The number of amides is 1. The molecular weight excluding hydrogens is 354 g/mol. The molecule has 2 rings (SSSR count). The van der Waals surface area contributed by atoms with Crippen molar-refractivity contribution < 1.29 is 9.53 Å². The van der Waals surface area contributed by atoms with Gasteiger partial charge in [0, 0.05) is 17.6 Å². The van der Waals surface area contributed by atoms with E-state index in [-0.39, 0.29) is 5.91 Å². The fraction of sp³-hybridized carbons (Fsp3) is 0.438. The molecule has 0 bridgehead atoms. The van der Waals surface area contributed by atoms with Crippen molar-refractivity contribution in [1.82, 2.24) is 4.90 Å². The summed E-state index contributed by atoms with van der Waals surface area (Å²) >= 11 is 9.49. The van der Waals surface area contributed by atoms with Crippen LogP contribution in [0.4, 0.5) is 0 Å². The SMILES string of the molecule is C#CCOCC1CCN(C(=O)c2cc(Br)ccc2Cl)CC1. The number of halogens is 2. The van der Waals surface area contributed by atoms with Gasteiger partial charge in [0.25, 0.3) is 5.91 Å². The maximum absolute atomic E-state index is 12.5. The third kappa shape index (κ3) is 4.47. The highest BCUT2D eigenvalue weighted by molar-refractivity contribution is 9.10. The summed E-state index contributed by atoms with van der Waals surface area (Å²) in [6.07, 6.45) is 7.02. The van der Waals surface area contributed by atoms with Crippen LogP contribution < -0.4 is 0 Å². The molecule has 1 aliphatic rings. The van der Waals surface area contributed by atoms with E-state index >= 15 is 0 Å². The van der Waals surface area contributed by atoms with Crippen molar-refractivity contribution in [2.24, 2.45) is 5.92 Å². The summed E-state index contributed by atoms with van der Waals surface area (Å²) in [4.78, 5) is 14.4. The monoisotopic (exact) mass is 369 g/mol. The Morgan fingerprint density at radius 3 is 2.86 bits per heavy atom. The van der Waals surface area contributed by atoms with Gasteiger partial charge in [0.2, 0.25) is 0 Å². The lowest BCUT2D eigenvalue weighted by Crippen LogP contribution is -2.39. The second-order valence-electron chi connectivity index (χ2n) is 5.08. The standard InChI is InChI=1S/C16H17BrClNO2/c1-2-9-21-11-12-5-7-19(8-6-12)16(20)14-10-13(17)3-4-15(14)18/h1,3-4,10,12H,5-9,11H2. The number of piperidine rings is 1. The number of ether oxygens (including phenoxy) is 1. The van der Waals surface area contributed by atoms with Crippen molar-refractivity contribution >= 4 is 33.4 Å². The summed E-state index contributed by atoms with van der Waals surface area (Å²) in [5, 5.41) is 0.489. The fourth-order valence-electron chi connectivity index (χ4n) is 2.42. The Morgan fingerprint density at radius 2 is 2.19 bits per heavy atom. The first-order valence-corrected chi connectivity index (χ1v) is 8.04. The molecule has 3 nitrogen and oxygen atoms in total. The van der Waals surface area contributed by atoms with E-state index < -0.39 is 0 Å². The van der Waals surface area contributed by atoms with Crippen LogP contribution in [0.1, 0.15) is 23.2 Å². The first-order valence-electron chi connectivity index (χ1n) is 6.87. The zero-order chi connectivity index (χ0) is 15.2. The van der Waals surface area contributed by atoms with Crippen molar-refractivity contribution in [3.63, 3.8) is 0 Å². The van der Waals surface area contributed by atoms with E-state index in [1.54, 1.807) is 12.1 Å². The van der Waals surface area contributed by atoms with Crippen molar-refractivity contribution in [3.8, 4) is 12.3 Å². The van der Waals surface area contributed by atoms with Crippen LogP contribution in [0.5, 0.6) is 0 Å². The number of likely N-dealkylation sites (tertiary alicyclic amines) is 1. The largest absolute Gasteiger partial charge is 0.369 e. The first-order chi connectivity index (χ1) is 10.1. The highest BCUT2D eigenvalue weighted by Crippen LogP contribution is 2.25. The molecule has 0 spiro atoms. The molecule has 1 fully saturated rings. The Morgan fingerprint density at radius 1 is 1.48 bits per heavy atom. The molecule has 0 N–H and O–H groups in total. The van der Waals surface area contributed by atoms with Crippen molar-refractivity contribution in [2.45, 2.75) is 12.8 Å². The van der Waals surface area contributed by atoms with Crippen molar-refractivity contribution in [2.75, 3.05) is 26.3 Å². The minimum absolute atomic E-state index is 0.00991. The molecule has 1 amide bonds. The van der Waals surface area contributed by atoms with Crippen LogP contribution in [0, 0.1) is 18.3 Å². The highest BCUT2D eigenvalue weighted by atomic mass is 79.9. The lowest BCUT2D eigenvalue weighted by Gasteiger charge is -2.32. The molecule has 0 aliphatic carbocycles. The van der Waals surface area contributed by atoms with Gasteiger partial charge in [-0.3, -0.25) is 4.79 Å². The molecule has 1 saturated heterocycles. The number of terminal acetylenes is 1. The fourth-order valence-corrected chi connectivity index (χ4v) is 2.98. The minimum Gasteiger partial charge on any atom is -0.369 e. The zero-order valence-corrected chi connectivity index (χ0v) is 14.0. The van der Waals surface area contributed by atoms with Gasteiger partial charge in [0.1, 0.15) is 6.61 Å². The molecule has 112 valence electrons. The van der Waals surface area contributed by atoms with Gasteiger partial charge in [0.15, 0.2) is 0 Å². The Hall–Kier alpha value is -1.02. The summed E-state index contributed by atoms with van der Waals surface area (Å²) < 4.78 is 6.23. The van der Waals surface area contributed by atoms with Crippen LogP contribution in [0.2, 0.25) is 5.02 Å². The molecule has 0 saturated carbocycles. The number of benzene rings is 1. The molecule has 21 heavy (non-hydrogen) atoms. The Kier molecular flexibility index (Phi) is 6.10. The van der Waals surface area contributed by atoms with Gasteiger partial charge in [-0.05, 0) is 37.0 Å². The van der Waals surface area contributed by atoms with Crippen LogP contribution in [-0.4, -0.2) is 37.1 Å². The van der Waals surface area contributed by atoms with Gasteiger partial charge in [-0.25, -0.2) is 0 Å². The number of rotatable bonds is 4. The number of nitrogens with zero attached hydrogens (tertiary/aromatic N) is 1. The molecule has 0 unspecified atom stereocenters. The van der Waals surface area contributed by atoms with E-state index in [0.29, 0.717) is 29.7 Å². The van der Waals surface area contributed by atoms with Crippen LogP contribution >= 0.6 is 27.5 Å². The average molecular weight is 371 g/mol. The third-order valence-electron chi connectivity index (χ3n) is 3.60. The van der Waals surface area contributed by atoms with Gasteiger partial charge in [0.05, 0.1) is 17.2 Å². The van der Waals surface area contributed by atoms with Crippen LogP contribution in [0.3, 0.4) is 0 Å². The molecule has 1 aliphatic heterocycles. The number of hydrogen-bond acceptors (Lipinski definition) is 2. The smallest absolute Gasteiger partial charge is 0.255 e. The molecule has 1 heterocycles. The molecule has 0 aromatic heterocycles. The Labute approximate surface area is 138 Å². The molecule has 1 aromatic rings. The second kappa shape index (κ2) is 7.84. The normalized spacial score (nSPS) is 15.8. The summed E-state index contributed by atoms with van der Waals surface area (Å²) in [5.41, 5.74) is 0.549. The summed E-state index contributed by atoms with van der Waals surface area (Å²) in [6, 6.07) is 5.33. The number of carbonyl (C=O) groups excluding carboxylic acids is 1. The second-order valence-corrected chi connectivity index (χ2v) is 6.40. The highest BCUT2D eigenvalue weighted by Gasteiger charge is 2.25. The lowest BCUT2D eigenvalue weighted by atomic mass is 9.97. The van der Waals surface area contributed by atoms with Crippen LogP contribution in [0.25, 0.3) is 0 Å². The minimum atomic E-state index is -0.00991. The lowest BCUT2D eigenvalue weighted by molar-refractivity contribution is 0.0582. The van der Waals surface area contributed by atoms with Crippen LogP contribution in [-0.2, 0) is 4.74 Å². The molecule has 5 heteroatoms. The quantitative estimate of drug-likeness (QED) is 0.598. The van der Waals surface area contributed by atoms with E-state index in [9.17, 15) is 4.79 Å². The molecule has 1 aromatic carbocycles. The third-order valence-corrected chi connectivity index (χ3v) is 4.42.